The van der Waals surface area contributed by atoms with Gasteiger partial charge in [-0.3, -0.25) is 9.69 Å². The standard InChI is InChI=1S/C22H29N3O3S/c1-17(24-7-11-27-12-8-24)16-23-21(26)20-15-19(18-5-3-2-4-6-18)22(29-20)25-9-13-28-14-10-25/h2-6,15,17H,7-14,16H2,1H3,(H,23,26). The van der Waals surface area contributed by atoms with Crippen LogP contribution >= 0.6 is 11.3 Å². The number of carbonyl (C=O) groups is 1. The molecule has 1 atom stereocenters. The van der Waals surface area contributed by atoms with E-state index < -0.39 is 0 Å². The predicted octanol–water partition coefficient (Wildman–Crippen LogP) is 2.70. The number of amides is 1. The van der Waals surface area contributed by atoms with Crippen LogP contribution in [0.15, 0.2) is 36.4 Å². The first-order chi connectivity index (χ1) is 14.2. The fraction of sp³-hybridized carbons (Fsp3) is 0.500. The molecule has 1 N–H and O–H groups in total. The van der Waals surface area contributed by atoms with Crippen molar-refractivity contribution in [1.82, 2.24) is 10.2 Å². The number of nitrogens with zero attached hydrogens (tertiary/aromatic N) is 2. The normalized spacial score (nSPS) is 19.1. The summed E-state index contributed by atoms with van der Waals surface area (Å²) in [5, 5.41) is 4.29. The smallest absolute Gasteiger partial charge is 0.261 e. The van der Waals surface area contributed by atoms with Gasteiger partial charge in [-0.25, -0.2) is 0 Å². The average Bonchev–Trinajstić information content (AvgIpc) is 3.25. The van der Waals surface area contributed by atoms with Crippen molar-refractivity contribution in [2.45, 2.75) is 13.0 Å². The molecule has 2 saturated heterocycles. The summed E-state index contributed by atoms with van der Waals surface area (Å²) >= 11 is 1.58. The van der Waals surface area contributed by atoms with E-state index in [1.807, 2.05) is 24.3 Å². The molecule has 156 valence electrons. The summed E-state index contributed by atoms with van der Waals surface area (Å²) in [6.45, 7) is 9.36. The second-order valence-corrected chi connectivity index (χ2v) is 8.53. The highest BCUT2D eigenvalue weighted by molar-refractivity contribution is 7.18. The molecular formula is C22H29N3O3S. The summed E-state index contributed by atoms with van der Waals surface area (Å²) in [4.78, 5) is 18.4. The van der Waals surface area contributed by atoms with Gasteiger partial charge in [0, 0.05) is 44.3 Å². The van der Waals surface area contributed by atoms with Crippen LogP contribution in [0.25, 0.3) is 11.1 Å². The fourth-order valence-electron chi connectivity index (χ4n) is 3.79. The lowest BCUT2D eigenvalue weighted by molar-refractivity contribution is 0.0204. The number of hydrogen-bond donors (Lipinski definition) is 1. The van der Waals surface area contributed by atoms with Crippen LogP contribution in [0, 0.1) is 0 Å². The second kappa shape index (κ2) is 9.71. The zero-order valence-electron chi connectivity index (χ0n) is 16.9. The number of rotatable bonds is 6. The van der Waals surface area contributed by atoms with Gasteiger partial charge in [0.05, 0.1) is 36.3 Å². The average molecular weight is 416 g/mol. The van der Waals surface area contributed by atoms with Crippen LogP contribution in [0.2, 0.25) is 0 Å². The number of anilines is 1. The highest BCUT2D eigenvalue weighted by Gasteiger charge is 2.23. The topological polar surface area (TPSA) is 54.0 Å². The summed E-state index contributed by atoms with van der Waals surface area (Å²) in [5.41, 5.74) is 2.27. The van der Waals surface area contributed by atoms with Gasteiger partial charge in [0.25, 0.3) is 5.91 Å². The van der Waals surface area contributed by atoms with E-state index in [0.717, 1.165) is 73.6 Å². The molecule has 6 nitrogen and oxygen atoms in total. The minimum Gasteiger partial charge on any atom is -0.379 e. The Bertz CT molecular complexity index is 799. The molecule has 0 aliphatic carbocycles. The van der Waals surface area contributed by atoms with Crippen LogP contribution in [-0.2, 0) is 9.47 Å². The Labute approximate surface area is 176 Å². The molecule has 2 fully saturated rings. The first-order valence-corrected chi connectivity index (χ1v) is 11.2. The summed E-state index contributed by atoms with van der Waals surface area (Å²) in [6.07, 6.45) is 0. The zero-order chi connectivity index (χ0) is 20.1. The van der Waals surface area contributed by atoms with Crippen molar-refractivity contribution in [2.24, 2.45) is 0 Å². The number of hydrogen-bond acceptors (Lipinski definition) is 6. The van der Waals surface area contributed by atoms with Crippen molar-refractivity contribution in [3.63, 3.8) is 0 Å². The Kier molecular flexibility index (Phi) is 6.82. The molecular weight excluding hydrogens is 386 g/mol. The molecule has 7 heteroatoms. The lowest BCUT2D eigenvalue weighted by Crippen LogP contribution is -2.47. The van der Waals surface area contributed by atoms with Crippen molar-refractivity contribution >= 4 is 22.2 Å². The molecule has 3 heterocycles. The largest absolute Gasteiger partial charge is 0.379 e. The van der Waals surface area contributed by atoms with Crippen molar-refractivity contribution in [3.05, 3.63) is 41.3 Å². The Morgan fingerprint density at radius 1 is 1.07 bits per heavy atom. The molecule has 0 spiro atoms. The second-order valence-electron chi connectivity index (χ2n) is 7.50. The molecule has 2 aromatic rings. The Hall–Kier alpha value is -1.93. The van der Waals surface area contributed by atoms with E-state index in [2.05, 4.69) is 34.2 Å². The zero-order valence-corrected chi connectivity index (χ0v) is 17.7. The summed E-state index contributed by atoms with van der Waals surface area (Å²) in [6, 6.07) is 12.7. The molecule has 0 bridgehead atoms. The molecule has 0 radical (unpaired) electrons. The van der Waals surface area contributed by atoms with Crippen LogP contribution in [0.1, 0.15) is 16.6 Å². The maximum atomic E-state index is 12.9. The Morgan fingerprint density at radius 2 is 1.72 bits per heavy atom. The maximum Gasteiger partial charge on any atom is 0.261 e. The monoisotopic (exact) mass is 415 g/mol. The molecule has 0 saturated carbocycles. The fourth-order valence-corrected chi connectivity index (χ4v) is 4.94. The van der Waals surface area contributed by atoms with Gasteiger partial charge in [-0.2, -0.15) is 0 Å². The number of thiophene rings is 1. The van der Waals surface area contributed by atoms with E-state index >= 15 is 0 Å². The van der Waals surface area contributed by atoms with E-state index in [1.165, 1.54) is 0 Å². The third-order valence-corrected chi connectivity index (χ3v) is 6.74. The van der Waals surface area contributed by atoms with Crippen LogP contribution < -0.4 is 10.2 Å². The van der Waals surface area contributed by atoms with E-state index in [0.29, 0.717) is 12.6 Å². The third-order valence-electron chi connectivity index (χ3n) is 5.55. The molecule has 2 aliphatic heterocycles. The first-order valence-electron chi connectivity index (χ1n) is 10.3. The van der Waals surface area contributed by atoms with Gasteiger partial charge < -0.3 is 19.7 Å². The van der Waals surface area contributed by atoms with Crippen LogP contribution in [0.3, 0.4) is 0 Å². The van der Waals surface area contributed by atoms with Crippen LogP contribution in [0.5, 0.6) is 0 Å². The minimum atomic E-state index is 0.00630. The van der Waals surface area contributed by atoms with Crippen LogP contribution in [-0.4, -0.2) is 76.0 Å². The SMILES string of the molecule is CC(CNC(=O)c1cc(-c2ccccc2)c(N2CCOCC2)s1)N1CCOCC1. The molecule has 1 aromatic carbocycles. The summed E-state index contributed by atoms with van der Waals surface area (Å²) in [5.74, 6) is 0.00630. The highest BCUT2D eigenvalue weighted by Crippen LogP contribution is 2.39. The quantitative estimate of drug-likeness (QED) is 0.786. The molecule has 1 amide bonds. The van der Waals surface area contributed by atoms with Gasteiger partial charge in [-0.05, 0) is 18.6 Å². The van der Waals surface area contributed by atoms with Gasteiger partial charge in [0.2, 0.25) is 0 Å². The highest BCUT2D eigenvalue weighted by atomic mass is 32.1. The van der Waals surface area contributed by atoms with Crippen molar-refractivity contribution in [1.29, 1.82) is 0 Å². The van der Waals surface area contributed by atoms with E-state index in [9.17, 15) is 4.79 Å². The lowest BCUT2D eigenvalue weighted by atomic mass is 10.1. The van der Waals surface area contributed by atoms with E-state index in [-0.39, 0.29) is 5.91 Å². The van der Waals surface area contributed by atoms with Crippen molar-refractivity contribution < 1.29 is 14.3 Å². The van der Waals surface area contributed by atoms with Crippen molar-refractivity contribution in [3.8, 4) is 11.1 Å². The molecule has 4 rings (SSSR count). The lowest BCUT2D eigenvalue weighted by Gasteiger charge is -2.32. The van der Waals surface area contributed by atoms with Gasteiger partial charge in [-0.1, -0.05) is 30.3 Å². The molecule has 1 aromatic heterocycles. The third kappa shape index (κ3) is 4.98. The number of carbonyl (C=O) groups excluding carboxylic acids is 1. The van der Waals surface area contributed by atoms with E-state index in [4.69, 9.17) is 9.47 Å². The van der Waals surface area contributed by atoms with Gasteiger partial charge in [-0.15, -0.1) is 11.3 Å². The molecule has 29 heavy (non-hydrogen) atoms. The number of nitrogens with one attached hydrogen (secondary N) is 1. The number of ether oxygens (including phenoxy) is 2. The molecule has 1 unspecified atom stereocenters. The maximum absolute atomic E-state index is 12.9. The Balaban J connectivity index is 1.49. The predicted molar refractivity (Wildman–Crippen MR) is 117 cm³/mol. The molecule has 2 aliphatic rings. The van der Waals surface area contributed by atoms with Gasteiger partial charge in [0.1, 0.15) is 0 Å². The van der Waals surface area contributed by atoms with E-state index in [1.54, 1.807) is 11.3 Å². The number of morpholine rings is 2. The summed E-state index contributed by atoms with van der Waals surface area (Å²) < 4.78 is 10.9. The van der Waals surface area contributed by atoms with Crippen molar-refractivity contribution in [2.75, 3.05) is 64.1 Å². The first kappa shape index (κ1) is 20.3. The number of benzene rings is 1. The van der Waals surface area contributed by atoms with Gasteiger partial charge >= 0.3 is 0 Å². The Morgan fingerprint density at radius 3 is 2.41 bits per heavy atom. The van der Waals surface area contributed by atoms with Gasteiger partial charge in [0.15, 0.2) is 0 Å². The summed E-state index contributed by atoms with van der Waals surface area (Å²) in [7, 11) is 0. The minimum absolute atomic E-state index is 0.00630. The van der Waals surface area contributed by atoms with Crippen LogP contribution in [0.4, 0.5) is 5.00 Å².